The van der Waals surface area contributed by atoms with Crippen molar-refractivity contribution in [2.24, 2.45) is 0 Å². The highest BCUT2D eigenvalue weighted by Gasteiger charge is 1.96. The van der Waals surface area contributed by atoms with E-state index in [1.165, 1.54) is 6.08 Å². The summed E-state index contributed by atoms with van der Waals surface area (Å²) in [4.78, 5) is 12.2. The number of aliphatic hydroxyl groups excluding tert-OH is 1. The lowest BCUT2D eigenvalue weighted by Gasteiger charge is -2.02. The Hall–Kier alpha value is -1.17. The molecule has 4 nitrogen and oxygen atoms in total. The quantitative estimate of drug-likeness (QED) is 0.445. The zero-order valence-corrected chi connectivity index (χ0v) is 9.61. The summed E-state index contributed by atoms with van der Waals surface area (Å²) in [5, 5.41) is 10.4. The van der Waals surface area contributed by atoms with Crippen LogP contribution in [-0.4, -0.2) is 37.5 Å². The van der Waals surface area contributed by atoms with Gasteiger partial charge in [-0.05, 0) is 17.5 Å². The number of carbonyl (C=O) groups is 1. The molecule has 0 aliphatic rings. The summed E-state index contributed by atoms with van der Waals surface area (Å²) in [7, 11) is 0. The second-order valence-electron chi connectivity index (χ2n) is 2.85. The molecule has 1 rings (SSSR count). The van der Waals surface area contributed by atoms with Crippen molar-refractivity contribution in [3.63, 3.8) is 0 Å². The Balaban J connectivity index is 2.11. The van der Waals surface area contributed by atoms with Gasteiger partial charge in [0.05, 0.1) is 19.8 Å². The zero-order valence-electron chi connectivity index (χ0n) is 8.80. The van der Waals surface area contributed by atoms with Crippen molar-refractivity contribution in [3.05, 3.63) is 28.5 Å². The molecule has 0 aliphatic heterocycles. The van der Waals surface area contributed by atoms with E-state index in [-0.39, 0.29) is 25.8 Å². The smallest absolute Gasteiger partial charge is 0.330 e. The fourth-order valence-electron chi connectivity index (χ4n) is 0.952. The lowest BCUT2D eigenvalue weighted by atomic mass is 10.4. The fourth-order valence-corrected chi connectivity index (χ4v) is 1.57. The maximum atomic E-state index is 11.2. The number of hydrogen-bond acceptors (Lipinski definition) is 5. The van der Waals surface area contributed by atoms with Gasteiger partial charge in [-0.15, -0.1) is 11.3 Å². The predicted molar refractivity (Wildman–Crippen MR) is 62.2 cm³/mol. The van der Waals surface area contributed by atoms with Crippen molar-refractivity contribution in [2.75, 3.05) is 26.4 Å². The summed E-state index contributed by atoms with van der Waals surface area (Å²) >= 11 is 1.55. The largest absolute Gasteiger partial charge is 0.460 e. The summed E-state index contributed by atoms with van der Waals surface area (Å²) < 4.78 is 9.79. The normalized spacial score (nSPS) is 10.8. The minimum atomic E-state index is -0.388. The molecule has 88 valence electrons. The molecule has 16 heavy (non-hydrogen) atoms. The Morgan fingerprint density at radius 2 is 2.31 bits per heavy atom. The third-order valence-corrected chi connectivity index (χ3v) is 2.47. The maximum Gasteiger partial charge on any atom is 0.330 e. The van der Waals surface area contributed by atoms with Crippen LogP contribution in [0.1, 0.15) is 4.88 Å². The molecule has 0 atom stereocenters. The molecule has 0 radical (unpaired) electrons. The van der Waals surface area contributed by atoms with E-state index in [0.717, 1.165) is 4.88 Å². The number of rotatable bonds is 7. The Labute approximate surface area is 98.1 Å². The first-order valence-corrected chi connectivity index (χ1v) is 5.78. The van der Waals surface area contributed by atoms with Crippen molar-refractivity contribution in [2.45, 2.75) is 0 Å². The molecule has 1 aromatic rings. The van der Waals surface area contributed by atoms with E-state index in [0.29, 0.717) is 6.61 Å². The zero-order chi connectivity index (χ0) is 11.6. The molecule has 0 saturated carbocycles. The molecule has 0 spiro atoms. The first-order chi connectivity index (χ1) is 7.83. The topological polar surface area (TPSA) is 55.8 Å². The van der Waals surface area contributed by atoms with Crippen molar-refractivity contribution in [1.29, 1.82) is 0 Å². The van der Waals surface area contributed by atoms with E-state index in [1.54, 1.807) is 17.4 Å². The van der Waals surface area contributed by atoms with Crippen LogP contribution < -0.4 is 0 Å². The highest BCUT2D eigenvalue weighted by Crippen LogP contribution is 2.09. The van der Waals surface area contributed by atoms with Gasteiger partial charge in [0.15, 0.2) is 0 Å². The summed E-state index contributed by atoms with van der Waals surface area (Å²) in [6.07, 6.45) is 3.10. The number of thiophene rings is 1. The number of ether oxygens (including phenoxy) is 2. The van der Waals surface area contributed by atoms with Crippen molar-refractivity contribution in [3.8, 4) is 0 Å². The van der Waals surface area contributed by atoms with E-state index in [4.69, 9.17) is 14.6 Å². The van der Waals surface area contributed by atoms with Gasteiger partial charge in [0.1, 0.15) is 6.61 Å². The summed E-state index contributed by atoms with van der Waals surface area (Å²) in [6.45, 7) is 0.752. The minimum absolute atomic E-state index is 0.0216. The van der Waals surface area contributed by atoms with Gasteiger partial charge >= 0.3 is 5.97 Å². The van der Waals surface area contributed by atoms with E-state index in [2.05, 4.69) is 0 Å². The molecule has 0 saturated heterocycles. The standard InChI is InChI=1S/C11H14O4S/c12-5-6-14-7-8-15-11(13)4-3-10-2-1-9-16-10/h1-4,9,12H,5-8H2/b4-3+. The number of carbonyl (C=O) groups excluding carboxylic acids is 1. The Bertz CT molecular complexity index is 319. The summed E-state index contributed by atoms with van der Waals surface area (Å²) in [5.41, 5.74) is 0. The molecule has 0 amide bonds. The van der Waals surface area contributed by atoms with E-state index in [1.807, 2.05) is 17.5 Å². The minimum Gasteiger partial charge on any atom is -0.460 e. The van der Waals surface area contributed by atoms with Gasteiger partial charge in [-0.2, -0.15) is 0 Å². The average molecular weight is 242 g/mol. The van der Waals surface area contributed by atoms with E-state index >= 15 is 0 Å². The second-order valence-corrected chi connectivity index (χ2v) is 3.83. The molecule has 0 fully saturated rings. The summed E-state index contributed by atoms with van der Waals surface area (Å²) in [5.74, 6) is -0.388. The molecular formula is C11H14O4S. The number of hydrogen-bond donors (Lipinski definition) is 1. The molecular weight excluding hydrogens is 228 g/mol. The van der Waals surface area contributed by atoms with Crippen LogP contribution in [0.3, 0.4) is 0 Å². The molecule has 1 aromatic heterocycles. The molecule has 0 aliphatic carbocycles. The fraction of sp³-hybridized carbons (Fsp3) is 0.364. The van der Waals surface area contributed by atoms with Crippen LogP contribution in [0.15, 0.2) is 23.6 Å². The van der Waals surface area contributed by atoms with Gasteiger partial charge < -0.3 is 14.6 Å². The van der Waals surface area contributed by atoms with Crippen LogP contribution in [0.25, 0.3) is 6.08 Å². The third-order valence-electron chi connectivity index (χ3n) is 1.63. The lowest BCUT2D eigenvalue weighted by Crippen LogP contribution is -2.10. The number of esters is 1. The Morgan fingerprint density at radius 1 is 1.44 bits per heavy atom. The molecule has 5 heteroatoms. The Kier molecular flexibility index (Phi) is 6.48. The van der Waals surface area contributed by atoms with Crippen LogP contribution in [0.5, 0.6) is 0 Å². The predicted octanol–water partition coefficient (Wildman–Crippen LogP) is 1.31. The highest BCUT2D eigenvalue weighted by molar-refractivity contribution is 7.10. The monoisotopic (exact) mass is 242 g/mol. The van der Waals surface area contributed by atoms with Crippen molar-refractivity contribution >= 4 is 23.4 Å². The second kappa shape index (κ2) is 8.04. The first kappa shape index (κ1) is 12.9. The van der Waals surface area contributed by atoms with Crippen molar-refractivity contribution < 1.29 is 19.4 Å². The molecule has 1 heterocycles. The highest BCUT2D eigenvalue weighted by atomic mass is 32.1. The van der Waals surface area contributed by atoms with Gasteiger partial charge in [0, 0.05) is 11.0 Å². The first-order valence-electron chi connectivity index (χ1n) is 4.90. The van der Waals surface area contributed by atoms with Crippen LogP contribution in [0.2, 0.25) is 0 Å². The van der Waals surface area contributed by atoms with E-state index in [9.17, 15) is 4.79 Å². The van der Waals surface area contributed by atoms with Gasteiger partial charge in [-0.1, -0.05) is 6.07 Å². The van der Waals surface area contributed by atoms with Gasteiger partial charge in [-0.3, -0.25) is 0 Å². The lowest BCUT2D eigenvalue weighted by molar-refractivity contribution is -0.139. The molecule has 0 unspecified atom stereocenters. The third kappa shape index (κ3) is 5.65. The van der Waals surface area contributed by atoms with Gasteiger partial charge in [0.2, 0.25) is 0 Å². The molecule has 0 aromatic carbocycles. The van der Waals surface area contributed by atoms with Crippen LogP contribution in [0.4, 0.5) is 0 Å². The average Bonchev–Trinajstić information content (AvgIpc) is 2.79. The van der Waals surface area contributed by atoms with Crippen molar-refractivity contribution in [1.82, 2.24) is 0 Å². The van der Waals surface area contributed by atoms with Gasteiger partial charge in [0.25, 0.3) is 0 Å². The summed E-state index contributed by atoms with van der Waals surface area (Å²) in [6, 6.07) is 3.83. The Morgan fingerprint density at radius 3 is 3.00 bits per heavy atom. The van der Waals surface area contributed by atoms with Crippen LogP contribution >= 0.6 is 11.3 Å². The molecule has 0 bridgehead atoms. The SMILES string of the molecule is O=C(/C=C/c1cccs1)OCCOCCO. The number of aliphatic hydroxyl groups is 1. The van der Waals surface area contributed by atoms with Crippen LogP contribution in [0, 0.1) is 0 Å². The van der Waals surface area contributed by atoms with E-state index < -0.39 is 0 Å². The maximum absolute atomic E-state index is 11.2. The molecule has 1 N–H and O–H groups in total. The van der Waals surface area contributed by atoms with Gasteiger partial charge in [-0.25, -0.2) is 4.79 Å². The van der Waals surface area contributed by atoms with Crippen LogP contribution in [-0.2, 0) is 14.3 Å².